The van der Waals surface area contributed by atoms with Crippen LogP contribution in [-0.4, -0.2) is 34.1 Å². The van der Waals surface area contributed by atoms with Crippen LogP contribution in [0.1, 0.15) is 26.2 Å². The van der Waals surface area contributed by atoms with Gasteiger partial charge >= 0.3 is 0 Å². The van der Waals surface area contributed by atoms with E-state index in [1.54, 1.807) is 11.8 Å². The maximum absolute atomic E-state index is 11.7. The number of likely N-dealkylation sites (tertiary alicyclic amines) is 1. The van der Waals surface area contributed by atoms with E-state index in [1.807, 2.05) is 0 Å². The highest BCUT2D eigenvalue weighted by molar-refractivity contribution is 9.10. The molecule has 2 unspecified atom stereocenters. The molecule has 1 fully saturated rings. The molecular weight excluding hydrogens is 248 g/mol. The first-order valence-electron chi connectivity index (χ1n) is 4.78. The van der Waals surface area contributed by atoms with Crippen molar-refractivity contribution in [2.45, 2.75) is 37.1 Å². The molecule has 2 atom stereocenters. The maximum atomic E-state index is 11.7. The summed E-state index contributed by atoms with van der Waals surface area (Å²) in [4.78, 5) is 24.1. The van der Waals surface area contributed by atoms with E-state index in [4.69, 9.17) is 5.73 Å². The average molecular weight is 263 g/mol. The summed E-state index contributed by atoms with van der Waals surface area (Å²) in [5.74, 6) is -0.445. The fraction of sp³-hybridized carbons (Fsp3) is 0.778. The summed E-state index contributed by atoms with van der Waals surface area (Å²) >= 11 is 3.21. The lowest BCUT2D eigenvalue weighted by atomic mass is 10.0. The molecule has 1 aliphatic rings. The Hall–Kier alpha value is -0.580. The van der Waals surface area contributed by atoms with Crippen LogP contribution in [0.4, 0.5) is 0 Å². The predicted octanol–water partition coefficient (Wildman–Crippen LogP) is 0.636. The molecule has 14 heavy (non-hydrogen) atoms. The molecule has 0 saturated carbocycles. The number of alkyl halides is 1. The second kappa shape index (κ2) is 4.77. The molecule has 0 bridgehead atoms. The van der Waals surface area contributed by atoms with Crippen LogP contribution < -0.4 is 5.73 Å². The van der Waals surface area contributed by atoms with Gasteiger partial charge in [0.1, 0.15) is 6.04 Å². The fourth-order valence-electron chi connectivity index (χ4n) is 1.72. The average Bonchev–Trinajstić information content (AvgIpc) is 2.16. The van der Waals surface area contributed by atoms with Crippen molar-refractivity contribution in [1.29, 1.82) is 0 Å². The minimum Gasteiger partial charge on any atom is -0.368 e. The van der Waals surface area contributed by atoms with Crippen LogP contribution in [0, 0.1) is 0 Å². The van der Waals surface area contributed by atoms with E-state index in [9.17, 15) is 9.59 Å². The van der Waals surface area contributed by atoms with Gasteiger partial charge in [-0.1, -0.05) is 15.9 Å². The van der Waals surface area contributed by atoms with Crippen molar-refractivity contribution in [3.8, 4) is 0 Å². The molecule has 1 saturated heterocycles. The van der Waals surface area contributed by atoms with Crippen molar-refractivity contribution < 1.29 is 9.59 Å². The third-order valence-corrected chi connectivity index (χ3v) is 2.85. The third-order valence-electron chi connectivity index (χ3n) is 2.45. The van der Waals surface area contributed by atoms with Crippen molar-refractivity contribution in [3.63, 3.8) is 0 Å². The fourth-order valence-corrected chi connectivity index (χ4v) is 1.98. The minimum atomic E-state index is -0.406. The van der Waals surface area contributed by atoms with Crippen LogP contribution in [0.2, 0.25) is 0 Å². The molecule has 2 amide bonds. The highest BCUT2D eigenvalue weighted by atomic mass is 79.9. The molecule has 5 heteroatoms. The number of primary amides is 1. The predicted molar refractivity (Wildman–Crippen MR) is 56.9 cm³/mol. The number of hydrogen-bond donors (Lipinski definition) is 1. The molecule has 80 valence electrons. The van der Waals surface area contributed by atoms with E-state index in [0.29, 0.717) is 13.0 Å². The van der Waals surface area contributed by atoms with Crippen LogP contribution in [0.3, 0.4) is 0 Å². The molecule has 0 aromatic rings. The van der Waals surface area contributed by atoms with Crippen molar-refractivity contribution in [2.24, 2.45) is 5.73 Å². The normalized spacial score (nSPS) is 24.4. The minimum absolute atomic E-state index is 0.0477. The van der Waals surface area contributed by atoms with E-state index in [1.165, 1.54) is 0 Å². The van der Waals surface area contributed by atoms with E-state index in [0.717, 1.165) is 12.8 Å². The number of carbonyl (C=O) groups excluding carboxylic acids is 2. The molecule has 1 aliphatic heterocycles. The Balaban J connectivity index is 2.72. The Morgan fingerprint density at radius 1 is 1.50 bits per heavy atom. The van der Waals surface area contributed by atoms with Gasteiger partial charge in [0.15, 0.2) is 0 Å². The number of nitrogens with zero attached hydrogens (tertiary/aromatic N) is 1. The topological polar surface area (TPSA) is 63.4 Å². The van der Waals surface area contributed by atoms with Crippen LogP contribution in [-0.2, 0) is 9.59 Å². The molecule has 1 heterocycles. The Bertz CT molecular complexity index is 243. The number of nitrogens with two attached hydrogens (primary N) is 1. The number of piperidine rings is 1. The molecule has 0 spiro atoms. The first kappa shape index (κ1) is 11.5. The lowest BCUT2D eigenvalue weighted by Crippen LogP contribution is -2.52. The van der Waals surface area contributed by atoms with E-state index in [-0.39, 0.29) is 10.7 Å². The van der Waals surface area contributed by atoms with Crippen LogP contribution in [0.25, 0.3) is 0 Å². The van der Waals surface area contributed by atoms with Gasteiger partial charge in [-0.05, 0) is 26.2 Å². The van der Waals surface area contributed by atoms with Gasteiger partial charge in [0.05, 0.1) is 4.83 Å². The monoisotopic (exact) mass is 262 g/mol. The van der Waals surface area contributed by atoms with Gasteiger partial charge in [0, 0.05) is 6.54 Å². The lowest BCUT2D eigenvalue weighted by molar-refractivity contribution is -0.140. The number of amides is 2. The zero-order valence-electron chi connectivity index (χ0n) is 8.20. The van der Waals surface area contributed by atoms with Gasteiger partial charge in [0.25, 0.3) is 0 Å². The molecule has 2 N–H and O–H groups in total. The Morgan fingerprint density at radius 3 is 2.64 bits per heavy atom. The lowest BCUT2D eigenvalue weighted by Gasteiger charge is -2.34. The third kappa shape index (κ3) is 2.47. The Kier molecular flexibility index (Phi) is 3.92. The summed E-state index contributed by atoms with van der Waals surface area (Å²) in [5, 5.41) is 0. The molecular formula is C9H15BrN2O2. The summed E-state index contributed by atoms with van der Waals surface area (Å²) in [6.07, 6.45) is 2.62. The van der Waals surface area contributed by atoms with Crippen LogP contribution in [0.5, 0.6) is 0 Å². The summed E-state index contributed by atoms with van der Waals surface area (Å²) in [7, 11) is 0. The van der Waals surface area contributed by atoms with Gasteiger partial charge in [-0.2, -0.15) is 0 Å². The van der Waals surface area contributed by atoms with E-state index >= 15 is 0 Å². The molecule has 1 rings (SSSR count). The highest BCUT2D eigenvalue weighted by Crippen LogP contribution is 2.19. The van der Waals surface area contributed by atoms with Gasteiger partial charge < -0.3 is 10.6 Å². The number of carbonyl (C=O) groups is 2. The summed E-state index contributed by atoms with van der Waals surface area (Å²) in [5.41, 5.74) is 5.25. The summed E-state index contributed by atoms with van der Waals surface area (Å²) in [6.45, 7) is 2.40. The maximum Gasteiger partial charge on any atom is 0.240 e. The van der Waals surface area contributed by atoms with Gasteiger partial charge in [-0.25, -0.2) is 0 Å². The number of hydrogen-bond acceptors (Lipinski definition) is 2. The molecule has 0 aromatic heterocycles. The second-order valence-corrected chi connectivity index (χ2v) is 4.94. The smallest absolute Gasteiger partial charge is 0.240 e. The van der Waals surface area contributed by atoms with Crippen molar-refractivity contribution in [1.82, 2.24) is 4.90 Å². The zero-order valence-corrected chi connectivity index (χ0v) is 9.79. The number of halogens is 1. The SMILES string of the molecule is CC(Br)C(=O)N1CCCCC1C(N)=O. The first-order valence-corrected chi connectivity index (χ1v) is 5.69. The highest BCUT2D eigenvalue weighted by Gasteiger charge is 2.31. The van der Waals surface area contributed by atoms with Gasteiger partial charge in [-0.3, -0.25) is 9.59 Å². The Labute approximate surface area is 91.9 Å². The summed E-state index contributed by atoms with van der Waals surface area (Å²) < 4.78 is 0. The quantitative estimate of drug-likeness (QED) is 0.743. The molecule has 4 nitrogen and oxygen atoms in total. The van der Waals surface area contributed by atoms with Crippen molar-refractivity contribution in [3.05, 3.63) is 0 Å². The molecule has 0 aromatic carbocycles. The zero-order chi connectivity index (χ0) is 10.7. The number of rotatable bonds is 2. The van der Waals surface area contributed by atoms with Gasteiger partial charge in [0.2, 0.25) is 11.8 Å². The van der Waals surface area contributed by atoms with E-state index in [2.05, 4.69) is 15.9 Å². The molecule has 0 aliphatic carbocycles. The Morgan fingerprint density at radius 2 is 2.14 bits per heavy atom. The van der Waals surface area contributed by atoms with Gasteiger partial charge in [-0.15, -0.1) is 0 Å². The first-order chi connectivity index (χ1) is 6.54. The van der Waals surface area contributed by atoms with Crippen LogP contribution >= 0.6 is 15.9 Å². The molecule has 0 radical (unpaired) electrons. The standard InChI is InChI=1S/C9H15BrN2O2/c1-6(10)9(14)12-5-3-2-4-7(12)8(11)13/h6-7H,2-5H2,1H3,(H2,11,13). The second-order valence-electron chi connectivity index (χ2n) is 3.56. The largest absolute Gasteiger partial charge is 0.368 e. The van der Waals surface area contributed by atoms with Crippen molar-refractivity contribution in [2.75, 3.05) is 6.54 Å². The van der Waals surface area contributed by atoms with E-state index < -0.39 is 11.9 Å². The summed E-state index contributed by atoms with van der Waals surface area (Å²) in [6, 6.07) is -0.406. The van der Waals surface area contributed by atoms with Crippen molar-refractivity contribution >= 4 is 27.7 Å². The van der Waals surface area contributed by atoms with Crippen LogP contribution in [0.15, 0.2) is 0 Å².